The molecule has 5 nitrogen and oxygen atoms in total. The number of nitrogens with one attached hydrogen (secondary N) is 1. The van der Waals surface area contributed by atoms with Crippen LogP contribution < -0.4 is 10.1 Å². The van der Waals surface area contributed by atoms with Gasteiger partial charge in [0.05, 0.1) is 0 Å². The zero-order valence-electron chi connectivity index (χ0n) is 17.3. The number of carbonyl (C=O) groups is 1. The fraction of sp³-hybridized carbons (Fsp3) is 0.435. The maximum atomic E-state index is 12.1. The van der Waals surface area contributed by atoms with Crippen LogP contribution in [0.25, 0.3) is 0 Å². The number of para-hydroxylation sites is 1. The van der Waals surface area contributed by atoms with Crippen LogP contribution in [0.15, 0.2) is 53.0 Å². The Hall–Kier alpha value is -2.05. The standard InChI is InChI=1S/C23H29BrN2O3/c1-23(2,3)29-22(27)25-19-8-7-13-26(16-19)15-17-11-12-18(24)14-21(17)28-20-9-5-4-6-10-20/h4-6,9-12,14,19H,7-8,13,15-16H2,1-3H3,(H,25,27)/t19-/m0/s1. The van der Waals surface area contributed by atoms with Crippen LogP contribution in [0.3, 0.4) is 0 Å². The molecule has 2 aromatic rings. The molecule has 0 bridgehead atoms. The smallest absolute Gasteiger partial charge is 0.407 e. The Kier molecular flexibility index (Phi) is 7.19. The van der Waals surface area contributed by atoms with E-state index in [1.54, 1.807) is 0 Å². The third kappa shape index (κ3) is 7.05. The quantitative estimate of drug-likeness (QED) is 0.618. The Balaban J connectivity index is 1.64. The molecule has 0 unspecified atom stereocenters. The van der Waals surface area contributed by atoms with Crippen molar-refractivity contribution < 1.29 is 14.3 Å². The second-order valence-corrected chi connectivity index (χ2v) is 9.30. The van der Waals surface area contributed by atoms with Gasteiger partial charge in [-0.15, -0.1) is 0 Å². The van der Waals surface area contributed by atoms with Crippen LogP contribution in [-0.2, 0) is 11.3 Å². The minimum atomic E-state index is -0.487. The van der Waals surface area contributed by atoms with Crippen molar-refractivity contribution in [1.29, 1.82) is 0 Å². The van der Waals surface area contributed by atoms with Crippen molar-refractivity contribution in [3.8, 4) is 11.5 Å². The van der Waals surface area contributed by atoms with Crippen LogP contribution in [0.2, 0.25) is 0 Å². The topological polar surface area (TPSA) is 50.8 Å². The van der Waals surface area contributed by atoms with Crippen molar-refractivity contribution in [3.05, 3.63) is 58.6 Å². The molecule has 1 amide bonds. The highest BCUT2D eigenvalue weighted by Crippen LogP contribution is 2.30. The monoisotopic (exact) mass is 460 g/mol. The normalized spacial score (nSPS) is 17.6. The summed E-state index contributed by atoms with van der Waals surface area (Å²) in [5.41, 5.74) is 0.634. The fourth-order valence-electron chi connectivity index (χ4n) is 3.40. The van der Waals surface area contributed by atoms with Gasteiger partial charge in [0.2, 0.25) is 0 Å². The number of halogens is 1. The summed E-state index contributed by atoms with van der Waals surface area (Å²) in [5.74, 6) is 1.66. The average Bonchev–Trinajstić information content (AvgIpc) is 2.63. The summed E-state index contributed by atoms with van der Waals surface area (Å²) < 4.78 is 12.5. The summed E-state index contributed by atoms with van der Waals surface area (Å²) in [6.07, 6.45) is 1.65. The van der Waals surface area contributed by atoms with E-state index in [1.807, 2.05) is 63.2 Å². The van der Waals surface area contributed by atoms with Gasteiger partial charge in [-0.25, -0.2) is 4.79 Å². The van der Waals surface area contributed by atoms with Crippen LogP contribution in [0.1, 0.15) is 39.2 Å². The first-order valence-electron chi connectivity index (χ1n) is 10.0. The molecule has 0 radical (unpaired) electrons. The molecule has 1 fully saturated rings. The number of benzene rings is 2. The van der Waals surface area contributed by atoms with E-state index in [0.717, 1.165) is 54.0 Å². The largest absolute Gasteiger partial charge is 0.457 e. The van der Waals surface area contributed by atoms with Gasteiger partial charge in [0, 0.05) is 29.2 Å². The number of amides is 1. The summed E-state index contributed by atoms with van der Waals surface area (Å²) in [5, 5.41) is 3.01. The summed E-state index contributed by atoms with van der Waals surface area (Å²) in [4.78, 5) is 14.5. The van der Waals surface area contributed by atoms with E-state index in [2.05, 4.69) is 32.2 Å². The van der Waals surface area contributed by atoms with Gasteiger partial charge < -0.3 is 14.8 Å². The Bertz CT molecular complexity index is 821. The van der Waals surface area contributed by atoms with Gasteiger partial charge in [0.1, 0.15) is 17.1 Å². The van der Waals surface area contributed by atoms with E-state index in [1.165, 1.54) is 0 Å². The second kappa shape index (κ2) is 9.63. The molecule has 3 rings (SSSR count). The highest BCUT2D eigenvalue weighted by molar-refractivity contribution is 9.10. The maximum absolute atomic E-state index is 12.1. The lowest BCUT2D eigenvalue weighted by molar-refractivity contribution is 0.0470. The molecule has 1 aliphatic heterocycles. The van der Waals surface area contributed by atoms with Gasteiger partial charge >= 0.3 is 6.09 Å². The molecule has 1 saturated heterocycles. The molecule has 0 aliphatic carbocycles. The molecule has 2 aromatic carbocycles. The molecular formula is C23H29BrN2O3. The second-order valence-electron chi connectivity index (χ2n) is 8.39. The Morgan fingerprint density at radius 1 is 1.21 bits per heavy atom. The number of ether oxygens (including phenoxy) is 2. The highest BCUT2D eigenvalue weighted by atomic mass is 79.9. The van der Waals surface area contributed by atoms with Crippen LogP contribution in [0.5, 0.6) is 11.5 Å². The number of rotatable bonds is 5. The van der Waals surface area contributed by atoms with Crippen molar-refractivity contribution in [2.45, 2.75) is 51.8 Å². The predicted molar refractivity (Wildman–Crippen MR) is 118 cm³/mol. The van der Waals surface area contributed by atoms with Gasteiger partial charge in [-0.05, 0) is 64.4 Å². The molecule has 0 saturated carbocycles. The Labute approximate surface area is 181 Å². The highest BCUT2D eigenvalue weighted by Gasteiger charge is 2.24. The zero-order valence-corrected chi connectivity index (χ0v) is 18.9. The molecule has 0 spiro atoms. The summed E-state index contributed by atoms with van der Waals surface area (Å²) in [6.45, 7) is 8.18. The van der Waals surface area contributed by atoms with Gasteiger partial charge in [-0.3, -0.25) is 4.90 Å². The molecule has 1 aliphatic rings. The third-order valence-electron chi connectivity index (χ3n) is 4.62. The lowest BCUT2D eigenvalue weighted by atomic mass is 10.0. The van der Waals surface area contributed by atoms with Gasteiger partial charge in [-0.1, -0.05) is 40.2 Å². The fourth-order valence-corrected chi connectivity index (χ4v) is 3.74. The predicted octanol–water partition coefficient (Wildman–Crippen LogP) is 5.73. The molecule has 156 valence electrons. The van der Waals surface area contributed by atoms with Crippen LogP contribution >= 0.6 is 15.9 Å². The van der Waals surface area contributed by atoms with Crippen molar-refractivity contribution in [2.75, 3.05) is 13.1 Å². The summed E-state index contributed by atoms with van der Waals surface area (Å²) in [7, 11) is 0. The number of alkyl carbamates (subject to hydrolysis) is 1. The van der Waals surface area contributed by atoms with Gasteiger partial charge in [0.25, 0.3) is 0 Å². The molecule has 6 heteroatoms. The molecule has 1 heterocycles. The molecule has 29 heavy (non-hydrogen) atoms. The van der Waals surface area contributed by atoms with E-state index in [4.69, 9.17) is 9.47 Å². The number of hydrogen-bond donors (Lipinski definition) is 1. The molecule has 1 atom stereocenters. The van der Waals surface area contributed by atoms with Crippen molar-refractivity contribution in [3.63, 3.8) is 0 Å². The SMILES string of the molecule is CC(C)(C)OC(=O)N[C@H]1CCCN(Cc2ccc(Br)cc2Oc2ccccc2)C1. The van der Waals surface area contributed by atoms with E-state index in [0.29, 0.717) is 0 Å². The maximum Gasteiger partial charge on any atom is 0.407 e. The molecule has 1 N–H and O–H groups in total. The van der Waals surface area contributed by atoms with Gasteiger partial charge in [0.15, 0.2) is 0 Å². The molecular weight excluding hydrogens is 432 g/mol. The zero-order chi connectivity index (χ0) is 20.9. The number of carbonyl (C=O) groups excluding carboxylic acids is 1. The van der Waals surface area contributed by atoms with Crippen LogP contribution in [0, 0.1) is 0 Å². The number of piperidine rings is 1. The summed E-state index contributed by atoms with van der Waals surface area (Å²) in [6, 6.07) is 16.0. The average molecular weight is 461 g/mol. The Morgan fingerprint density at radius 2 is 1.97 bits per heavy atom. The van der Waals surface area contributed by atoms with E-state index < -0.39 is 5.60 Å². The molecule has 0 aromatic heterocycles. The number of hydrogen-bond acceptors (Lipinski definition) is 4. The summed E-state index contributed by atoms with van der Waals surface area (Å²) >= 11 is 3.54. The number of nitrogens with zero attached hydrogens (tertiary/aromatic N) is 1. The first-order chi connectivity index (χ1) is 13.8. The van der Waals surface area contributed by atoms with Crippen LogP contribution in [0.4, 0.5) is 4.79 Å². The van der Waals surface area contributed by atoms with Gasteiger partial charge in [-0.2, -0.15) is 0 Å². The van der Waals surface area contributed by atoms with Crippen molar-refractivity contribution in [2.24, 2.45) is 0 Å². The lowest BCUT2D eigenvalue weighted by Crippen LogP contribution is -2.48. The first kappa shape index (κ1) is 21.7. The minimum absolute atomic E-state index is 0.0903. The minimum Gasteiger partial charge on any atom is -0.457 e. The third-order valence-corrected chi connectivity index (χ3v) is 5.11. The van der Waals surface area contributed by atoms with Crippen molar-refractivity contribution in [1.82, 2.24) is 10.2 Å². The Morgan fingerprint density at radius 3 is 2.69 bits per heavy atom. The van der Waals surface area contributed by atoms with E-state index in [-0.39, 0.29) is 12.1 Å². The lowest BCUT2D eigenvalue weighted by Gasteiger charge is -2.33. The van der Waals surface area contributed by atoms with E-state index >= 15 is 0 Å². The van der Waals surface area contributed by atoms with E-state index in [9.17, 15) is 4.79 Å². The van der Waals surface area contributed by atoms with Crippen LogP contribution in [-0.4, -0.2) is 35.7 Å². The number of likely N-dealkylation sites (tertiary alicyclic amines) is 1. The first-order valence-corrected chi connectivity index (χ1v) is 10.8. The van der Waals surface area contributed by atoms with Crippen molar-refractivity contribution >= 4 is 22.0 Å².